The van der Waals surface area contributed by atoms with Crippen LogP contribution in [0.25, 0.3) is 22.0 Å². The summed E-state index contributed by atoms with van der Waals surface area (Å²) in [4.78, 5) is 25.5. The van der Waals surface area contributed by atoms with E-state index >= 15 is 0 Å². The summed E-state index contributed by atoms with van der Waals surface area (Å²) in [6.07, 6.45) is 8.64. The van der Waals surface area contributed by atoms with Gasteiger partial charge in [0.2, 0.25) is 0 Å². The van der Waals surface area contributed by atoms with Gasteiger partial charge in [-0.25, -0.2) is 9.97 Å². The van der Waals surface area contributed by atoms with Crippen molar-refractivity contribution >= 4 is 49.8 Å². The molecule has 7 nitrogen and oxygen atoms in total. The third-order valence-electron chi connectivity index (χ3n) is 3.55. The van der Waals surface area contributed by atoms with E-state index in [1.165, 1.54) is 17.5 Å². The van der Waals surface area contributed by atoms with Gasteiger partial charge in [-0.1, -0.05) is 0 Å². The predicted octanol–water partition coefficient (Wildman–Crippen LogP) is 3.50. The molecule has 124 valence electrons. The second-order valence-electron chi connectivity index (χ2n) is 5.32. The van der Waals surface area contributed by atoms with Crippen LogP contribution >= 0.6 is 27.3 Å². The molecule has 0 saturated carbocycles. The first-order valence-corrected chi connectivity index (χ1v) is 8.87. The number of carbonyl (C=O) groups excluding carboxylic acids is 1. The summed E-state index contributed by atoms with van der Waals surface area (Å²) in [5, 5.41) is 8.78. The molecule has 0 saturated heterocycles. The first-order chi connectivity index (χ1) is 12.1. The van der Waals surface area contributed by atoms with E-state index in [0.29, 0.717) is 14.6 Å². The number of rotatable bonds is 3. The van der Waals surface area contributed by atoms with Crippen molar-refractivity contribution in [3.63, 3.8) is 0 Å². The van der Waals surface area contributed by atoms with E-state index in [2.05, 4.69) is 41.3 Å². The maximum absolute atomic E-state index is 12.2. The van der Waals surface area contributed by atoms with Gasteiger partial charge in [-0.05, 0) is 33.4 Å². The van der Waals surface area contributed by atoms with E-state index in [0.717, 1.165) is 22.0 Å². The molecule has 1 amide bonds. The second-order valence-corrected chi connectivity index (χ2v) is 7.63. The molecule has 25 heavy (non-hydrogen) atoms. The quantitative estimate of drug-likeness (QED) is 0.554. The number of halogens is 1. The Labute approximate surface area is 154 Å². The van der Waals surface area contributed by atoms with Gasteiger partial charge < -0.3 is 5.32 Å². The Morgan fingerprint density at radius 3 is 2.68 bits per heavy atom. The van der Waals surface area contributed by atoms with Gasteiger partial charge in [0.25, 0.3) is 5.91 Å². The number of carbonyl (C=O) groups is 1. The van der Waals surface area contributed by atoms with Crippen molar-refractivity contribution in [2.45, 2.75) is 0 Å². The van der Waals surface area contributed by atoms with Crippen LogP contribution in [0.15, 0.2) is 47.0 Å². The molecule has 0 aromatic carbocycles. The number of thiazole rings is 1. The van der Waals surface area contributed by atoms with Gasteiger partial charge in [0.15, 0.2) is 3.92 Å². The fourth-order valence-electron chi connectivity index (χ4n) is 2.35. The third kappa shape index (κ3) is 3.28. The standard InChI is InChI=1S/C16H11BrN6OS/c1-23-8-11(6-21-23)12-2-9-3-14(19-5-10(9)4-18-12)22-15(24)13-7-20-16(17)25-13/h2-8H,1H3,(H,19,22,24). The van der Waals surface area contributed by atoms with Gasteiger partial charge in [0.05, 0.1) is 18.1 Å². The molecule has 0 aliphatic rings. The summed E-state index contributed by atoms with van der Waals surface area (Å²) >= 11 is 4.52. The molecule has 0 radical (unpaired) electrons. The van der Waals surface area contributed by atoms with Crippen LogP contribution in [0, 0.1) is 0 Å². The molecule has 0 aliphatic heterocycles. The average molecular weight is 415 g/mol. The maximum atomic E-state index is 12.2. The lowest BCUT2D eigenvalue weighted by Gasteiger charge is -2.05. The van der Waals surface area contributed by atoms with Gasteiger partial charge in [-0.3, -0.25) is 14.5 Å². The number of nitrogens with zero attached hydrogens (tertiary/aromatic N) is 5. The van der Waals surface area contributed by atoms with Crippen molar-refractivity contribution in [1.82, 2.24) is 24.7 Å². The highest BCUT2D eigenvalue weighted by Gasteiger charge is 2.11. The second kappa shape index (κ2) is 6.34. The largest absolute Gasteiger partial charge is 0.306 e. The predicted molar refractivity (Wildman–Crippen MR) is 99.5 cm³/mol. The van der Waals surface area contributed by atoms with Gasteiger partial charge >= 0.3 is 0 Å². The van der Waals surface area contributed by atoms with Crippen LogP contribution in [-0.2, 0) is 7.05 Å². The van der Waals surface area contributed by atoms with Crippen molar-refractivity contribution in [3.8, 4) is 11.3 Å². The number of fused-ring (bicyclic) bond motifs is 1. The lowest BCUT2D eigenvalue weighted by Crippen LogP contribution is -2.11. The summed E-state index contributed by atoms with van der Waals surface area (Å²) < 4.78 is 2.39. The monoisotopic (exact) mass is 414 g/mol. The molecule has 4 rings (SSSR count). The molecule has 0 aliphatic carbocycles. The highest BCUT2D eigenvalue weighted by atomic mass is 79.9. The zero-order chi connectivity index (χ0) is 17.4. The fraction of sp³-hybridized carbons (Fsp3) is 0.0625. The topological polar surface area (TPSA) is 85.6 Å². The van der Waals surface area contributed by atoms with E-state index in [4.69, 9.17) is 0 Å². The van der Waals surface area contributed by atoms with Crippen molar-refractivity contribution in [1.29, 1.82) is 0 Å². The SMILES string of the molecule is Cn1cc(-c2cc3cc(NC(=O)c4cnc(Br)s4)ncc3cn2)cn1. The molecule has 9 heteroatoms. The van der Waals surface area contributed by atoms with Crippen LogP contribution in [0.5, 0.6) is 0 Å². The Morgan fingerprint density at radius 1 is 1.12 bits per heavy atom. The Kier molecular flexibility index (Phi) is 4.02. The Balaban J connectivity index is 1.65. The van der Waals surface area contributed by atoms with Crippen molar-refractivity contribution in [3.05, 3.63) is 51.9 Å². The number of pyridine rings is 2. The van der Waals surface area contributed by atoms with Crippen LogP contribution in [0.4, 0.5) is 5.82 Å². The molecular weight excluding hydrogens is 404 g/mol. The van der Waals surface area contributed by atoms with Gasteiger partial charge in [-0.2, -0.15) is 5.10 Å². The zero-order valence-corrected chi connectivity index (χ0v) is 15.4. The summed E-state index contributed by atoms with van der Waals surface area (Å²) in [7, 11) is 1.86. The first kappa shape index (κ1) is 15.9. The van der Waals surface area contributed by atoms with Gasteiger partial charge in [-0.15, -0.1) is 11.3 Å². The van der Waals surface area contributed by atoms with E-state index in [1.807, 2.05) is 25.4 Å². The number of hydrogen-bond donors (Lipinski definition) is 1. The molecule has 0 bridgehead atoms. The van der Waals surface area contributed by atoms with Crippen LogP contribution in [0.2, 0.25) is 0 Å². The van der Waals surface area contributed by atoms with E-state index in [-0.39, 0.29) is 5.91 Å². The van der Waals surface area contributed by atoms with Gasteiger partial charge in [0, 0.05) is 36.6 Å². The Morgan fingerprint density at radius 2 is 1.96 bits per heavy atom. The Hall–Kier alpha value is -2.65. The molecule has 0 atom stereocenters. The van der Waals surface area contributed by atoms with E-state index in [1.54, 1.807) is 23.3 Å². The van der Waals surface area contributed by atoms with Crippen LogP contribution in [0.1, 0.15) is 9.67 Å². The highest BCUT2D eigenvalue weighted by Crippen LogP contribution is 2.24. The number of hydrogen-bond acceptors (Lipinski definition) is 6. The lowest BCUT2D eigenvalue weighted by atomic mass is 10.1. The normalized spacial score (nSPS) is 11.0. The molecule has 0 unspecified atom stereocenters. The number of anilines is 1. The summed E-state index contributed by atoms with van der Waals surface area (Å²) in [6, 6.07) is 3.78. The molecule has 4 heterocycles. The molecule has 0 spiro atoms. The van der Waals surface area contributed by atoms with Crippen LogP contribution in [-0.4, -0.2) is 30.6 Å². The molecular formula is C16H11BrN6OS. The average Bonchev–Trinajstić information content (AvgIpc) is 3.23. The number of nitrogens with one attached hydrogen (secondary N) is 1. The van der Waals surface area contributed by atoms with E-state index in [9.17, 15) is 4.79 Å². The third-order valence-corrected chi connectivity index (χ3v) is 5.02. The zero-order valence-electron chi connectivity index (χ0n) is 13.0. The minimum absolute atomic E-state index is 0.239. The minimum atomic E-state index is -0.239. The smallest absolute Gasteiger partial charge is 0.268 e. The minimum Gasteiger partial charge on any atom is -0.306 e. The summed E-state index contributed by atoms with van der Waals surface area (Å²) in [5.41, 5.74) is 1.75. The van der Waals surface area contributed by atoms with Crippen molar-refractivity contribution < 1.29 is 4.79 Å². The molecule has 4 aromatic heterocycles. The lowest BCUT2D eigenvalue weighted by molar-refractivity contribution is 0.103. The summed E-state index contributed by atoms with van der Waals surface area (Å²) in [5.74, 6) is 0.238. The van der Waals surface area contributed by atoms with Crippen LogP contribution < -0.4 is 5.32 Å². The first-order valence-electron chi connectivity index (χ1n) is 7.26. The van der Waals surface area contributed by atoms with Crippen LogP contribution in [0.3, 0.4) is 0 Å². The fourth-order valence-corrected chi connectivity index (χ4v) is 3.52. The molecule has 0 fully saturated rings. The number of aryl methyl sites for hydroxylation is 1. The molecule has 1 N–H and O–H groups in total. The van der Waals surface area contributed by atoms with E-state index < -0.39 is 0 Å². The number of amides is 1. The highest BCUT2D eigenvalue weighted by molar-refractivity contribution is 9.11. The molecule has 4 aromatic rings. The van der Waals surface area contributed by atoms with Crippen molar-refractivity contribution in [2.24, 2.45) is 7.05 Å². The summed E-state index contributed by atoms with van der Waals surface area (Å²) in [6.45, 7) is 0. The Bertz CT molecular complexity index is 1090. The number of aromatic nitrogens is 5. The maximum Gasteiger partial charge on any atom is 0.268 e. The van der Waals surface area contributed by atoms with Crippen molar-refractivity contribution in [2.75, 3.05) is 5.32 Å². The van der Waals surface area contributed by atoms with Gasteiger partial charge in [0.1, 0.15) is 10.7 Å².